The van der Waals surface area contributed by atoms with Crippen LogP contribution in [0.5, 0.6) is 0 Å². The van der Waals surface area contributed by atoms with Crippen molar-refractivity contribution in [3.63, 3.8) is 0 Å². The van der Waals surface area contributed by atoms with Gasteiger partial charge in [-0.15, -0.1) is 0 Å². The van der Waals surface area contributed by atoms with Crippen molar-refractivity contribution in [2.75, 3.05) is 32.8 Å². The minimum absolute atomic E-state index is 0.126. The third-order valence-electron chi connectivity index (χ3n) is 5.43. The van der Waals surface area contributed by atoms with E-state index in [1.54, 1.807) is 18.2 Å². The number of cyclic esters (lactones) is 2. The summed E-state index contributed by atoms with van der Waals surface area (Å²) in [6.45, 7) is 5.21. The normalized spacial score (nSPS) is 15.6. The predicted molar refractivity (Wildman–Crippen MR) is 118 cm³/mol. The fourth-order valence-corrected chi connectivity index (χ4v) is 3.68. The summed E-state index contributed by atoms with van der Waals surface area (Å²) in [5, 5.41) is 0. The molecule has 1 aromatic heterocycles. The van der Waals surface area contributed by atoms with Crippen LogP contribution in [-0.2, 0) is 52.9 Å². The number of hydrogen-bond acceptors (Lipinski definition) is 7. The molecule has 0 saturated heterocycles. The maximum absolute atomic E-state index is 12.1. The molecule has 2 bridgehead atoms. The Hall–Kier alpha value is -1.57. The summed E-state index contributed by atoms with van der Waals surface area (Å²) in [4.78, 5) is 30.7. The molecule has 0 N–H and O–H groups in total. The van der Waals surface area contributed by atoms with E-state index in [1.807, 2.05) is 0 Å². The van der Waals surface area contributed by atoms with Crippen LogP contribution in [0.1, 0.15) is 76.1 Å². The van der Waals surface area contributed by atoms with Gasteiger partial charge in [-0.1, -0.05) is 64.4 Å². The van der Waals surface area contributed by atoms with Gasteiger partial charge in [-0.3, -0.25) is 19.5 Å². The summed E-state index contributed by atoms with van der Waals surface area (Å²) in [5.41, 5.74) is 1.24. The zero-order valence-electron chi connectivity index (χ0n) is 19.4. The maximum atomic E-state index is 12.1. The van der Waals surface area contributed by atoms with Gasteiger partial charge in [0.05, 0.1) is 24.2 Å². The molecule has 0 aromatic carbocycles. The van der Waals surface area contributed by atoms with Crippen LogP contribution < -0.4 is 0 Å². The molecule has 0 aliphatic carbocycles. The van der Waals surface area contributed by atoms with Gasteiger partial charge in [0, 0.05) is 13.1 Å². The summed E-state index contributed by atoms with van der Waals surface area (Å²) >= 11 is 1.06. The first-order chi connectivity index (χ1) is 15.7. The molecule has 1 aromatic rings. The van der Waals surface area contributed by atoms with Crippen molar-refractivity contribution in [1.82, 2.24) is 9.88 Å². The Bertz CT molecular complexity index is 620. The molecule has 0 atom stereocenters. The van der Waals surface area contributed by atoms with E-state index in [0.717, 1.165) is 30.3 Å². The van der Waals surface area contributed by atoms with Gasteiger partial charge in [0.15, 0.2) is 0 Å². The first-order valence-corrected chi connectivity index (χ1v) is 12.4. The number of hydrogen-bond donors (Lipinski definition) is 0. The van der Waals surface area contributed by atoms with E-state index >= 15 is 0 Å². The third kappa shape index (κ3) is 13.8. The van der Waals surface area contributed by atoms with Crippen LogP contribution in [0.25, 0.3) is 0 Å². The molecular weight excluding hydrogens is 447 g/mol. The van der Waals surface area contributed by atoms with E-state index in [0.29, 0.717) is 37.7 Å². The van der Waals surface area contributed by atoms with Crippen LogP contribution in [-0.4, -0.2) is 54.7 Å². The number of fused-ring (bicyclic) bond motifs is 2. The summed E-state index contributed by atoms with van der Waals surface area (Å²) < 4.78 is 19.0. The standard InChI is InChI=1S/C24H38N2O4.O.V/c1-2-3-4-5-6-7-8-9-10-14-26-15-17-29-23(27)19-21-12-11-13-22(25-21)20-24(28)30-18-16-26;;/h11-13H,2-10,14-20H2,1H3;;. The van der Waals surface area contributed by atoms with E-state index in [4.69, 9.17) is 13.1 Å². The third-order valence-corrected chi connectivity index (χ3v) is 5.43. The predicted octanol–water partition coefficient (Wildman–Crippen LogP) is 3.98. The number of unbranched alkanes of at least 4 members (excludes halogenated alkanes) is 8. The van der Waals surface area contributed by atoms with Crippen LogP contribution in [0, 0.1) is 0 Å². The van der Waals surface area contributed by atoms with E-state index in [2.05, 4.69) is 16.8 Å². The minimum atomic E-state index is -0.276. The Kier molecular flexibility index (Phi) is 16.9. The molecule has 0 spiro atoms. The number of carbonyl (C=O) groups is 2. The molecule has 2 rings (SSSR count). The number of rotatable bonds is 10. The van der Waals surface area contributed by atoms with Gasteiger partial charge in [0.2, 0.25) is 0 Å². The topological polar surface area (TPSA) is 85.8 Å². The van der Waals surface area contributed by atoms with Crippen molar-refractivity contribution in [2.45, 2.75) is 77.6 Å². The molecule has 2 heterocycles. The van der Waals surface area contributed by atoms with Gasteiger partial charge in [0.1, 0.15) is 13.2 Å². The number of aromatic nitrogens is 1. The molecule has 1 aliphatic heterocycles. The zero-order chi connectivity index (χ0) is 23.4. The Labute approximate surface area is 201 Å². The first kappa shape index (κ1) is 28.5. The van der Waals surface area contributed by atoms with E-state index in [9.17, 15) is 9.59 Å². The number of esters is 2. The molecule has 7 nitrogen and oxygen atoms in total. The Balaban J connectivity index is 0.00000249. The van der Waals surface area contributed by atoms with Gasteiger partial charge in [-0.05, 0) is 25.1 Å². The van der Waals surface area contributed by atoms with Crippen LogP contribution in [0.3, 0.4) is 0 Å². The molecule has 8 heteroatoms. The molecule has 0 unspecified atom stereocenters. The average Bonchev–Trinajstić information content (AvgIpc) is 2.78. The van der Waals surface area contributed by atoms with Crippen LogP contribution in [0.15, 0.2) is 18.2 Å². The summed E-state index contributed by atoms with van der Waals surface area (Å²) in [7, 11) is 0. The van der Waals surface area contributed by atoms with Gasteiger partial charge < -0.3 is 9.47 Å². The summed E-state index contributed by atoms with van der Waals surface area (Å²) in [6, 6.07) is 5.35. The van der Waals surface area contributed by atoms with Gasteiger partial charge in [-0.2, -0.15) is 0 Å². The van der Waals surface area contributed by atoms with Crippen molar-refractivity contribution in [3.8, 4) is 0 Å². The number of nitrogens with zero attached hydrogens (tertiary/aromatic N) is 2. The van der Waals surface area contributed by atoms with Crippen LogP contribution >= 0.6 is 0 Å². The van der Waals surface area contributed by atoms with E-state index in [1.165, 1.54) is 51.4 Å². The Morgan fingerprint density at radius 2 is 1.28 bits per heavy atom. The van der Waals surface area contributed by atoms with E-state index in [-0.39, 0.29) is 24.8 Å². The fourth-order valence-electron chi connectivity index (χ4n) is 3.68. The molecule has 0 amide bonds. The molecule has 0 saturated carbocycles. The molecule has 0 fully saturated rings. The fraction of sp³-hybridized carbons (Fsp3) is 0.708. The van der Waals surface area contributed by atoms with Gasteiger partial charge in [0.25, 0.3) is 0 Å². The molecule has 179 valence electrons. The first-order valence-electron chi connectivity index (χ1n) is 11.8. The van der Waals surface area contributed by atoms with Crippen LogP contribution in [0.4, 0.5) is 0 Å². The molecule has 0 radical (unpaired) electrons. The number of pyridine rings is 1. The van der Waals surface area contributed by atoms with E-state index < -0.39 is 0 Å². The second kappa shape index (κ2) is 19.0. The van der Waals surface area contributed by atoms with Crippen LogP contribution in [0.2, 0.25) is 0 Å². The average molecular weight is 486 g/mol. The van der Waals surface area contributed by atoms with Crippen molar-refractivity contribution in [3.05, 3.63) is 29.6 Å². The second-order valence-corrected chi connectivity index (χ2v) is 8.08. The summed E-state index contributed by atoms with van der Waals surface area (Å²) in [5.74, 6) is -0.551. The van der Waals surface area contributed by atoms with Gasteiger partial charge in [-0.25, -0.2) is 0 Å². The SMILES string of the molecule is CCCCCCCCCCCN1CCOC(=O)Cc2cccc(n2)CC(=O)OCC1.[O]=[V]. The Morgan fingerprint density at radius 1 is 0.812 bits per heavy atom. The van der Waals surface area contributed by atoms with Crippen molar-refractivity contribution >= 4 is 11.9 Å². The summed E-state index contributed by atoms with van der Waals surface area (Å²) in [6.07, 6.45) is 11.9. The quantitative estimate of drug-likeness (QED) is 0.366. The van der Waals surface area contributed by atoms with Crippen molar-refractivity contribution in [1.29, 1.82) is 0 Å². The van der Waals surface area contributed by atoms with Crippen molar-refractivity contribution < 1.29 is 40.1 Å². The van der Waals surface area contributed by atoms with Crippen molar-refractivity contribution in [2.24, 2.45) is 0 Å². The molecule has 1 aliphatic rings. The molecular formula is C24H38N2O5V. The number of ether oxygens (including phenoxy) is 2. The van der Waals surface area contributed by atoms with Gasteiger partial charge >= 0.3 is 33.0 Å². The second-order valence-electron chi connectivity index (χ2n) is 8.08. The zero-order valence-corrected chi connectivity index (χ0v) is 20.8. The number of carbonyl (C=O) groups excluding carboxylic acids is 2. The monoisotopic (exact) mass is 485 g/mol. The molecule has 32 heavy (non-hydrogen) atoms. The Morgan fingerprint density at radius 3 is 1.78 bits per heavy atom.